The first kappa shape index (κ1) is 38.9. The number of hydrogen-bond donors (Lipinski definition) is 9. The van der Waals surface area contributed by atoms with Gasteiger partial charge >= 0.3 is 11.9 Å². The maximum atomic E-state index is 13.6. The van der Waals surface area contributed by atoms with Crippen molar-refractivity contribution in [3.8, 4) is 5.75 Å². The molecule has 1 aromatic heterocycles. The van der Waals surface area contributed by atoms with E-state index in [0.717, 1.165) is 0 Å². The molecule has 18 heteroatoms. The van der Waals surface area contributed by atoms with Gasteiger partial charge in [0.15, 0.2) is 0 Å². The zero-order chi connectivity index (χ0) is 34.9. The summed E-state index contributed by atoms with van der Waals surface area (Å²) in [6.07, 6.45) is 5.90. The Morgan fingerprint density at radius 3 is 1.77 bits per heavy atom. The summed E-state index contributed by atoms with van der Waals surface area (Å²) in [7, 11) is 0. The quantitative estimate of drug-likeness (QED) is 0.0778. The number of nitrogens with two attached hydrogens (primary N) is 1. The van der Waals surface area contributed by atoms with Crippen LogP contribution in [-0.4, -0.2) is 115 Å². The highest BCUT2D eigenvalue weighted by Crippen LogP contribution is 2.13. The number of carboxylic acids is 2. The van der Waals surface area contributed by atoms with Crippen LogP contribution in [0, 0.1) is 0 Å². The third-order valence-electron chi connectivity index (χ3n) is 6.82. The van der Waals surface area contributed by atoms with Crippen LogP contribution in [-0.2, 0) is 41.6 Å². The lowest BCUT2D eigenvalue weighted by Gasteiger charge is -2.26. The number of rotatable bonds is 21. The summed E-state index contributed by atoms with van der Waals surface area (Å²) in [6, 6.07) is -0.490. The van der Waals surface area contributed by atoms with E-state index >= 15 is 0 Å². The van der Waals surface area contributed by atoms with Crippen LogP contribution < -0.4 is 27.0 Å². The number of thioether (sulfide) groups is 2. The molecule has 0 aliphatic carbocycles. The molecule has 0 spiro atoms. The van der Waals surface area contributed by atoms with Crippen molar-refractivity contribution in [3.63, 3.8) is 0 Å². The van der Waals surface area contributed by atoms with Crippen LogP contribution in [0.5, 0.6) is 5.75 Å². The number of benzene rings is 1. The highest BCUT2D eigenvalue weighted by atomic mass is 32.2. The number of nitrogens with zero attached hydrogens (tertiary/aromatic N) is 1. The number of imidazole rings is 1. The summed E-state index contributed by atoms with van der Waals surface area (Å²) in [6.45, 7) is 0. The van der Waals surface area contributed by atoms with Crippen LogP contribution >= 0.6 is 23.5 Å². The van der Waals surface area contributed by atoms with E-state index in [1.54, 1.807) is 6.26 Å². The van der Waals surface area contributed by atoms with Crippen molar-refractivity contribution in [2.75, 3.05) is 24.0 Å². The van der Waals surface area contributed by atoms with E-state index in [1.165, 1.54) is 60.3 Å². The first-order valence-corrected chi connectivity index (χ1v) is 17.3. The Kier molecular flexibility index (Phi) is 16.6. The number of phenolic OH excluding ortho intramolecular Hbond substituents is 1. The number of aliphatic carboxylic acids is 2. The van der Waals surface area contributed by atoms with Gasteiger partial charge < -0.3 is 47.3 Å². The minimum Gasteiger partial charge on any atom is -0.508 e. The maximum absolute atomic E-state index is 13.6. The predicted octanol–water partition coefficient (Wildman–Crippen LogP) is -0.767. The molecule has 5 atom stereocenters. The highest BCUT2D eigenvalue weighted by Gasteiger charge is 2.32. The minimum atomic E-state index is -1.45. The predicted molar refractivity (Wildman–Crippen MR) is 176 cm³/mol. The summed E-state index contributed by atoms with van der Waals surface area (Å²) in [4.78, 5) is 82.6. The normalized spacial score (nSPS) is 14.1. The van der Waals surface area contributed by atoms with Crippen molar-refractivity contribution < 1.29 is 44.1 Å². The van der Waals surface area contributed by atoms with Gasteiger partial charge in [0.05, 0.1) is 18.8 Å². The van der Waals surface area contributed by atoms with Crippen LogP contribution in [0.15, 0.2) is 36.8 Å². The SMILES string of the molecule is CSCC[C@H](NC(=O)[C@H](CCSC)NC(=O)[C@H](Cc1ccc(O)cc1)NC(=O)[C@@H](N)CC(=O)O)C(=O)N[C@@H](Cc1cnc[nH]1)C(=O)O. The summed E-state index contributed by atoms with van der Waals surface area (Å²) in [5.41, 5.74) is 6.73. The molecule has 10 N–H and O–H groups in total. The molecule has 1 heterocycles. The molecule has 16 nitrogen and oxygen atoms in total. The second-order valence-electron chi connectivity index (χ2n) is 10.5. The third kappa shape index (κ3) is 13.9. The third-order valence-corrected chi connectivity index (χ3v) is 8.11. The molecule has 258 valence electrons. The minimum absolute atomic E-state index is 0.0212. The Hall–Kier alpha value is -4.29. The lowest BCUT2D eigenvalue weighted by atomic mass is 10.0. The number of carbonyl (C=O) groups excluding carboxylic acids is 4. The van der Waals surface area contributed by atoms with Crippen molar-refractivity contribution in [2.45, 2.75) is 62.3 Å². The van der Waals surface area contributed by atoms with Gasteiger partial charge in [0.25, 0.3) is 0 Å². The average Bonchev–Trinajstić information content (AvgIpc) is 3.54. The number of nitrogens with one attached hydrogen (secondary N) is 5. The summed E-state index contributed by atoms with van der Waals surface area (Å²) in [5.74, 6) is -4.81. The summed E-state index contributed by atoms with van der Waals surface area (Å²) in [5, 5.41) is 38.5. The zero-order valence-electron chi connectivity index (χ0n) is 25.9. The molecule has 0 unspecified atom stereocenters. The van der Waals surface area contributed by atoms with Crippen molar-refractivity contribution in [1.29, 1.82) is 0 Å². The molecule has 2 aromatic rings. The number of carbonyl (C=O) groups is 6. The van der Waals surface area contributed by atoms with Crippen molar-refractivity contribution in [3.05, 3.63) is 48.0 Å². The highest BCUT2D eigenvalue weighted by molar-refractivity contribution is 7.98. The van der Waals surface area contributed by atoms with Crippen LogP contribution in [0.2, 0.25) is 0 Å². The number of amides is 4. The summed E-state index contributed by atoms with van der Waals surface area (Å²) < 4.78 is 0. The van der Waals surface area contributed by atoms with Gasteiger partial charge in [-0.05, 0) is 54.6 Å². The van der Waals surface area contributed by atoms with E-state index in [-0.39, 0.29) is 31.4 Å². The number of phenols is 1. The van der Waals surface area contributed by atoms with Crippen LogP contribution in [0.4, 0.5) is 0 Å². The van der Waals surface area contributed by atoms with E-state index in [1.807, 2.05) is 6.26 Å². The Morgan fingerprint density at radius 2 is 1.30 bits per heavy atom. The maximum Gasteiger partial charge on any atom is 0.326 e. The smallest absolute Gasteiger partial charge is 0.326 e. The van der Waals surface area contributed by atoms with Gasteiger partial charge in [0.2, 0.25) is 23.6 Å². The number of aromatic nitrogens is 2. The molecule has 0 radical (unpaired) electrons. The lowest BCUT2D eigenvalue weighted by molar-refractivity contribution is -0.142. The van der Waals surface area contributed by atoms with Gasteiger partial charge in [-0.2, -0.15) is 23.5 Å². The van der Waals surface area contributed by atoms with Crippen LogP contribution in [0.3, 0.4) is 0 Å². The number of carboxylic acid groups (broad SMARTS) is 2. The van der Waals surface area contributed by atoms with Gasteiger partial charge in [-0.1, -0.05) is 12.1 Å². The molecule has 4 amide bonds. The Labute approximate surface area is 279 Å². The molecule has 0 fully saturated rings. The van der Waals surface area contributed by atoms with Gasteiger partial charge in [-0.15, -0.1) is 0 Å². The molecule has 0 aliphatic heterocycles. The van der Waals surface area contributed by atoms with E-state index < -0.39 is 72.2 Å². The van der Waals surface area contributed by atoms with Crippen LogP contribution in [0.25, 0.3) is 0 Å². The molecule has 0 bridgehead atoms. The lowest BCUT2D eigenvalue weighted by Crippen LogP contribution is -2.59. The van der Waals surface area contributed by atoms with Crippen molar-refractivity contribution in [2.24, 2.45) is 5.73 Å². The van der Waals surface area contributed by atoms with Gasteiger partial charge in [0, 0.05) is 24.7 Å². The van der Waals surface area contributed by atoms with Gasteiger partial charge in [-0.25, -0.2) is 9.78 Å². The largest absolute Gasteiger partial charge is 0.508 e. The van der Waals surface area contributed by atoms with Gasteiger partial charge in [-0.3, -0.25) is 24.0 Å². The van der Waals surface area contributed by atoms with E-state index in [0.29, 0.717) is 22.8 Å². The average molecular weight is 696 g/mol. The van der Waals surface area contributed by atoms with E-state index in [4.69, 9.17) is 10.8 Å². The number of aromatic amines is 1. The first-order chi connectivity index (χ1) is 22.3. The van der Waals surface area contributed by atoms with E-state index in [2.05, 4.69) is 31.2 Å². The molecule has 0 aliphatic rings. The molecule has 0 saturated heterocycles. The monoisotopic (exact) mass is 695 g/mol. The number of hydrogen-bond acceptors (Lipinski definition) is 11. The Balaban J connectivity index is 2.25. The molecule has 47 heavy (non-hydrogen) atoms. The molecular weight excluding hydrogens is 654 g/mol. The number of H-pyrrole nitrogens is 1. The fourth-order valence-corrected chi connectivity index (χ4v) is 5.22. The van der Waals surface area contributed by atoms with E-state index in [9.17, 15) is 39.0 Å². The zero-order valence-corrected chi connectivity index (χ0v) is 27.6. The van der Waals surface area contributed by atoms with Crippen LogP contribution in [0.1, 0.15) is 30.5 Å². The van der Waals surface area contributed by atoms with Crippen molar-refractivity contribution >= 4 is 59.1 Å². The first-order valence-electron chi connectivity index (χ1n) is 14.5. The van der Waals surface area contributed by atoms with Gasteiger partial charge in [0.1, 0.15) is 29.9 Å². The second kappa shape index (κ2) is 20.1. The Bertz CT molecular complexity index is 1350. The molecule has 2 rings (SSSR count). The fourth-order valence-electron chi connectivity index (χ4n) is 4.28. The van der Waals surface area contributed by atoms with Crippen molar-refractivity contribution in [1.82, 2.24) is 31.2 Å². The standard InChI is InChI=1S/C29H41N7O9S2/c1-46-9-7-20(26(41)33-21(8-10-47-2)27(42)36-23(29(44)45)12-17-14-31-15-32-17)34-28(43)22(11-16-3-5-18(37)6-4-16)35-25(40)19(30)13-24(38)39/h3-6,14-15,19-23,37H,7-13,30H2,1-2H3,(H,31,32)(H,33,41)(H,34,43)(H,35,40)(H,36,42)(H,38,39)(H,44,45)/t19-,20-,21-,22-,23-/m0/s1. The Morgan fingerprint density at radius 1 is 0.787 bits per heavy atom. The fraction of sp³-hybridized carbons (Fsp3) is 0.483. The molecular formula is C29H41N7O9S2. The summed E-state index contributed by atoms with van der Waals surface area (Å²) >= 11 is 2.82. The topological polar surface area (TPSA) is 266 Å². The molecule has 1 aromatic carbocycles. The number of aromatic hydroxyl groups is 1. The molecule has 0 saturated carbocycles. The second-order valence-corrected chi connectivity index (χ2v) is 12.5.